The third-order valence-electron chi connectivity index (χ3n) is 2.60. The first-order valence-electron chi connectivity index (χ1n) is 6.03. The SMILES string of the molecule is CCCc1c(NCC)ncnc1N(C)CC. The van der Waals surface area contributed by atoms with Crippen molar-refractivity contribution in [2.45, 2.75) is 33.6 Å². The Morgan fingerprint density at radius 2 is 2.00 bits per heavy atom. The highest BCUT2D eigenvalue weighted by atomic mass is 15.2. The van der Waals surface area contributed by atoms with Crippen LogP contribution in [0.3, 0.4) is 0 Å². The number of rotatable bonds is 6. The summed E-state index contributed by atoms with van der Waals surface area (Å²) in [6.45, 7) is 8.24. The molecule has 0 amide bonds. The van der Waals surface area contributed by atoms with Crippen LogP contribution in [0.5, 0.6) is 0 Å². The Hall–Kier alpha value is -1.32. The van der Waals surface area contributed by atoms with E-state index in [1.54, 1.807) is 6.33 Å². The number of nitrogens with one attached hydrogen (secondary N) is 1. The average molecular weight is 222 g/mol. The van der Waals surface area contributed by atoms with Crippen LogP contribution in [0.2, 0.25) is 0 Å². The first-order valence-corrected chi connectivity index (χ1v) is 6.03. The maximum absolute atomic E-state index is 4.39. The van der Waals surface area contributed by atoms with E-state index in [1.807, 2.05) is 0 Å². The molecule has 1 aromatic rings. The molecule has 0 fully saturated rings. The van der Waals surface area contributed by atoms with Crippen LogP contribution in [0.1, 0.15) is 32.8 Å². The Bertz CT molecular complexity index is 325. The minimum Gasteiger partial charge on any atom is -0.370 e. The highest BCUT2D eigenvalue weighted by Crippen LogP contribution is 2.23. The van der Waals surface area contributed by atoms with Crippen molar-refractivity contribution >= 4 is 11.6 Å². The fraction of sp³-hybridized carbons (Fsp3) is 0.667. The summed E-state index contributed by atoms with van der Waals surface area (Å²) >= 11 is 0. The predicted molar refractivity (Wildman–Crippen MR) is 69.1 cm³/mol. The van der Waals surface area contributed by atoms with Crippen molar-refractivity contribution in [2.24, 2.45) is 0 Å². The summed E-state index contributed by atoms with van der Waals surface area (Å²) in [7, 11) is 2.07. The molecule has 4 nitrogen and oxygen atoms in total. The Morgan fingerprint density at radius 1 is 1.25 bits per heavy atom. The molecule has 0 aromatic carbocycles. The van der Waals surface area contributed by atoms with Crippen molar-refractivity contribution in [3.8, 4) is 0 Å². The molecule has 1 aromatic heterocycles. The zero-order valence-corrected chi connectivity index (χ0v) is 10.7. The van der Waals surface area contributed by atoms with Crippen LogP contribution >= 0.6 is 0 Å². The van der Waals surface area contributed by atoms with Crippen LogP contribution in [0.4, 0.5) is 11.6 Å². The molecule has 1 heterocycles. The Balaban J connectivity index is 3.09. The second-order valence-electron chi connectivity index (χ2n) is 3.82. The van der Waals surface area contributed by atoms with Crippen LogP contribution in [-0.4, -0.2) is 30.1 Å². The molecule has 0 aliphatic rings. The number of hydrogen-bond donors (Lipinski definition) is 1. The molecule has 90 valence electrons. The Labute approximate surface area is 98.1 Å². The minimum absolute atomic E-state index is 0.892. The molecule has 1 N–H and O–H groups in total. The standard InChI is InChI=1S/C12H22N4/c1-5-8-10-11(13-6-2)14-9-15-12(10)16(4)7-3/h9H,5-8H2,1-4H3,(H,13,14,15). The topological polar surface area (TPSA) is 41.1 Å². The zero-order chi connectivity index (χ0) is 12.0. The molecule has 0 spiro atoms. The molecule has 1 rings (SSSR count). The maximum atomic E-state index is 4.39. The summed E-state index contributed by atoms with van der Waals surface area (Å²) < 4.78 is 0. The molecular weight excluding hydrogens is 200 g/mol. The molecule has 0 aliphatic heterocycles. The van der Waals surface area contributed by atoms with E-state index in [4.69, 9.17) is 0 Å². The lowest BCUT2D eigenvalue weighted by atomic mass is 10.1. The first kappa shape index (κ1) is 12.7. The smallest absolute Gasteiger partial charge is 0.137 e. The van der Waals surface area contributed by atoms with Crippen molar-refractivity contribution < 1.29 is 0 Å². The van der Waals surface area contributed by atoms with Gasteiger partial charge in [0.05, 0.1) is 0 Å². The van der Waals surface area contributed by atoms with Gasteiger partial charge in [-0.25, -0.2) is 9.97 Å². The monoisotopic (exact) mass is 222 g/mol. The lowest BCUT2D eigenvalue weighted by Crippen LogP contribution is -2.20. The quantitative estimate of drug-likeness (QED) is 0.802. The molecular formula is C12H22N4. The summed E-state index contributed by atoms with van der Waals surface area (Å²) in [6.07, 6.45) is 3.76. The fourth-order valence-electron chi connectivity index (χ4n) is 1.68. The number of nitrogens with zero attached hydrogens (tertiary/aromatic N) is 3. The molecule has 0 saturated heterocycles. The second-order valence-corrected chi connectivity index (χ2v) is 3.82. The average Bonchev–Trinajstić information content (AvgIpc) is 2.31. The summed E-state index contributed by atoms with van der Waals surface area (Å²) in [5, 5.41) is 3.30. The van der Waals surface area contributed by atoms with Gasteiger partial charge >= 0.3 is 0 Å². The molecule has 0 aliphatic carbocycles. The largest absolute Gasteiger partial charge is 0.370 e. The van der Waals surface area contributed by atoms with Crippen LogP contribution in [-0.2, 0) is 6.42 Å². The summed E-state index contributed by atoms with van der Waals surface area (Å²) in [6, 6.07) is 0. The number of aromatic nitrogens is 2. The van der Waals surface area contributed by atoms with Gasteiger partial charge in [-0.15, -0.1) is 0 Å². The van der Waals surface area contributed by atoms with E-state index in [0.29, 0.717) is 0 Å². The van der Waals surface area contributed by atoms with Crippen LogP contribution in [0.25, 0.3) is 0 Å². The van der Waals surface area contributed by atoms with Gasteiger partial charge in [0.15, 0.2) is 0 Å². The molecule has 0 bridgehead atoms. The van der Waals surface area contributed by atoms with E-state index in [-0.39, 0.29) is 0 Å². The Kier molecular flexibility index (Phi) is 5.02. The lowest BCUT2D eigenvalue weighted by molar-refractivity contribution is 0.859. The third-order valence-corrected chi connectivity index (χ3v) is 2.60. The second kappa shape index (κ2) is 6.30. The Morgan fingerprint density at radius 3 is 2.56 bits per heavy atom. The van der Waals surface area contributed by atoms with Crippen molar-refractivity contribution in [3.05, 3.63) is 11.9 Å². The lowest BCUT2D eigenvalue weighted by Gasteiger charge is -2.20. The molecule has 0 atom stereocenters. The molecule has 4 heteroatoms. The first-order chi connectivity index (χ1) is 7.74. The fourth-order valence-corrected chi connectivity index (χ4v) is 1.68. The van der Waals surface area contributed by atoms with E-state index >= 15 is 0 Å². The third kappa shape index (κ3) is 2.84. The van der Waals surface area contributed by atoms with Gasteiger partial charge in [-0.3, -0.25) is 0 Å². The maximum Gasteiger partial charge on any atom is 0.137 e. The van der Waals surface area contributed by atoms with Crippen LogP contribution in [0.15, 0.2) is 6.33 Å². The van der Waals surface area contributed by atoms with Gasteiger partial charge in [-0.05, 0) is 20.3 Å². The van der Waals surface area contributed by atoms with E-state index in [2.05, 4.69) is 48.0 Å². The van der Waals surface area contributed by atoms with Gasteiger partial charge in [0.25, 0.3) is 0 Å². The van der Waals surface area contributed by atoms with E-state index < -0.39 is 0 Å². The van der Waals surface area contributed by atoms with E-state index in [1.165, 1.54) is 5.56 Å². The molecule has 0 unspecified atom stereocenters. The van der Waals surface area contributed by atoms with Gasteiger partial charge in [0.2, 0.25) is 0 Å². The van der Waals surface area contributed by atoms with Gasteiger partial charge < -0.3 is 10.2 Å². The van der Waals surface area contributed by atoms with E-state index in [9.17, 15) is 0 Å². The van der Waals surface area contributed by atoms with Gasteiger partial charge in [-0.2, -0.15) is 0 Å². The highest BCUT2D eigenvalue weighted by Gasteiger charge is 2.12. The summed E-state index contributed by atoms with van der Waals surface area (Å²) in [4.78, 5) is 10.9. The van der Waals surface area contributed by atoms with Crippen molar-refractivity contribution in [1.82, 2.24) is 9.97 Å². The molecule has 0 radical (unpaired) electrons. The summed E-state index contributed by atoms with van der Waals surface area (Å²) in [5.41, 5.74) is 1.23. The molecule has 0 saturated carbocycles. The number of hydrogen-bond acceptors (Lipinski definition) is 4. The van der Waals surface area contributed by atoms with Crippen molar-refractivity contribution in [1.29, 1.82) is 0 Å². The zero-order valence-electron chi connectivity index (χ0n) is 10.7. The van der Waals surface area contributed by atoms with E-state index in [0.717, 1.165) is 37.6 Å². The number of anilines is 2. The highest BCUT2D eigenvalue weighted by molar-refractivity contribution is 5.58. The predicted octanol–water partition coefficient (Wildman–Crippen LogP) is 2.32. The summed E-state index contributed by atoms with van der Waals surface area (Å²) in [5.74, 6) is 2.03. The normalized spacial score (nSPS) is 10.2. The van der Waals surface area contributed by atoms with Gasteiger partial charge in [0, 0.05) is 25.7 Å². The van der Waals surface area contributed by atoms with Crippen LogP contribution in [0, 0.1) is 0 Å². The molecule has 16 heavy (non-hydrogen) atoms. The van der Waals surface area contributed by atoms with Crippen molar-refractivity contribution in [2.75, 3.05) is 30.4 Å². The minimum atomic E-state index is 0.892. The van der Waals surface area contributed by atoms with Crippen molar-refractivity contribution in [3.63, 3.8) is 0 Å². The van der Waals surface area contributed by atoms with Gasteiger partial charge in [-0.1, -0.05) is 13.3 Å². The van der Waals surface area contributed by atoms with Crippen LogP contribution < -0.4 is 10.2 Å². The van der Waals surface area contributed by atoms with Gasteiger partial charge in [0.1, 0.15) is 18.0 Å².